The molecule has 0 bridgehead atoms. The fraction of sp³-hybridized carbons (Fsp3) is 0.238. The first-order valence-corrected chi connectivity index (χ1v) is 12.2. The molecule has 4 nitrogen and oxygen atoms in total. The van der Waals surface area contributed by atoms with Crippen molar-refractivity contribution in [3.05, 3.63) is 87.7 Å². The van der Waals surface area contributed by atoms with Crippen LogP contribution in [0.4, 0.5) is 0 Å². The summed E-state index contributed by atoms with van der Waals surface area (Å²) in [7, 11) is -3.38. The van der Waals surface area contributed by atoms with Gasteiger partial charge in [0.05, 0.1) is 6.04 Å². The van der Waals surface area contributed by atoms with E-state index in [0.29, 0.717) is 30.4 Å². The first-order chi connectivity index (χ1) is 13.6. The summed E-state index contributed by atoms with van der Waals surface area (Å²) in [6.45, 7) is 2.39. The summed E-state index contributed by atoms with van der Waals surface area (Å²) in [5, 5.41) is 1.81. The zero-order chi connectivity index (χ0) is 19.6. The first kappa shape index (κ1) is 19.8. The van der Waals surface area contributed by atoms with Crippen molar-refractivity contribution in [1.29, 1.82) is 0 Å². The van der Waals surface area contributed by atoms with Crippen molar-refractivity contribution in [2.24, 2.45) is 0 Å². The van der Waals surface area contributed by atoms with Crippen LogP contribution < -0.4 is 0 Å². The Hall–Kier alpha value is -1.51. The van der Waals surface area contributed by atoms with Crippen LogP contribution in [0.2, 0.25) is 0 Å². The van der Waals surface area contributed by atoms with Crippen LogP contribution in [0, 0.1) is 0 Å². The molecule has 0 amide bonds. The molecule has 3 aromatic rings. The van der Waals surface area contributed by atoms with Crippen LogP contribution in [0.3, 0.4) is 0 Å². The van der Waals surface area contributed by atoms with Gasteiger partial charge >= 0.3 is 0 Å². The second kappa shape index (κ2) is 8.47. The maximum Gasteiger partial charge on any atom is 0.252 e. The Kier molecular flexibility index (Phi) is 5.99. The highest BCUT2D eigenvalue weighted by Gasteiger charge is 2.32. The minimum absolute atomic E-state index is 0.112. The third-order valence-corrected chi connectivity index (χ3v) is 8.83. The van der Waals surface area contributed by atoms with E-state index in [1.807, 2.05) is 11.4 Å². The first-order valence-electron chi connectivity index (χ1n) is 9.14. The number of halogens is 1. The van der Waals surface area contributed by atoms with Crippen molar-refractivity contribution >= 4 is 37.3 Å². The van der Waals surface area contributed by atoms with E-state index in [9.17, 15) is 8.42 Å². The van der Waals surface area contributed by atoms with Crippen molar-refractivity contribution in [3.63, 3.8) is 0 Å². The summed E-state index contributed by atoms with van der Waals surface area (Å²) in [4.78, 5) is 2.37. The van der Waals surface area contributed by atoms with Gasteiger partial charge in [0.2, 0.25) is 0 Å². The fourth-order valence-electron chi connectivity index (χ4n) is 3.63. The van der Waals surface area contributed by atoms with Gasteiger partial charge < -0.3 is 0 Å². The molecular weight excluding hydrogens is 456 g/mol. The van der Waals surface area contributed by atoms with E-state index in [1.165, 1.54) is 22.5 Å². The monoisotopic (exact) mass is 476 g/mol. The quantitative estimate of drug-likeness (QED) is 0.539. The van der Waals surface area contributed by atoms with Crippen LogP contribution in [0.1, 0.15) is 17.2 Å². The highest BCUT2D eigenvalue weighted by Crippen LogP contribution is 2.31. The molecule has 2 heterocycles. The zero-order valence-corrected chi connectivity index (χ0v) is 18.5. The minimum atomic E-state index is -3.38. The van der Waals surface area contributed by atoms with Crippen LogP contribution in [-0.4, -0.2) is 43.8 Å². The van der Waals surface area contributed by atoms with Gasteiger partial charge in [-0.05, 0) is 34.7 Å². The van der Waals surface area contributed by atoms with E-state index >= 15 is 0 Å². The zero-order valence-electron chi connectivity index (χ0n) is 15.2. The lowest BCUT2D eigenvalue weighted by atomic mass is 9.96. The second-order valence-electron chi connectivity index (χ2n) is 6.74. The predicted molar refractivity (Wildman–Crippen MR) is 117 cm³/mol. The van der Waals surface area contributed by atoms with E-state index in [-0.39, 0.29) is 6.04 Å². The molecule has 7 heteroatoms. The molecule has 0 aliphatic carbocycles. The number of piperazine rings is 1. The third kappa shape index (κ3) is 4.09. The van der Waals surface area contributed by atoms with Gasteiger partial charge in [0.15, 0.2) is 0 Å². The summed E-state index contributed by atoms with van der Waals surface area (Å²) in [6.07, 6.45) is 0. The Morgan fingerprint density at radius 2 is 1.46 bits per heavy atom. The Labute approximate surface area is 178 Å². The molecule has 1 fully saturated rings. The van der Waals surface area contributed by atoms with Crippen molar-refractivity contribution in [3.8, 4) is 0 Å². The molecule has 28 heavy (non-hydrogen) atoms. The van der Waals surface area contributed by atoms with Gasteiger partial charge in [0.25, 0.3) is 10.0 Å². The van der Waals surface area contributed by atoms with Gasteiger partial charge in [-0.15, -0.1) is 11.3 Å². The average molecular weight is 477 g/mol. The van der Waals surface area contributed by atoms with Gasteiger partial charge in [-0.25, -0.2) is 8.42 Å². The number of hydrogen-bond acceptors (Lipinski definition) is 4. The molecule has 1 atom stereocenters. The fourth-order valence-corrected chi connectivity index (χ4v) is 6.47. The molecule has 146 valence electrons. The lowest BCUT2D eigenvalue weighted by molar-refractivity contribution is 0.156. The van der Waals surface area contributed by atoms with Gasteiger partial charge in [0, 0.05) is 30.7 Å². The third-order valence-electron chi connectivity index (χ3n) is 5.03. The smallest absolute Gasteiger partial charge is 0.252 e. The standard InChI is InChI=1S/C21H21BrN2O2S2/c22-19-10-8-18(9-11-19)21(17-5-2-1-3-6-17)23-12-14-24(15-13-23)28(25,26)20-7-4-16-27-20/h1-11,16,21H,12-15H2/t21-/m0/s1. The van der Waals surface area contributed by atoms with Crippen LogP contribution >= 0.6 is 27.3 Å². The molecule has 1 aliphatic rings. The highest BCUT2D eigenvalue weighted by molar-refractivity contribution is 9.10. The number of hydrogen-bond donors (Lipinski definition) is 0. The average Bonchev–Trinajstić information content (AvgIpc) is 3.27. The maximum atomic E-state index is 12.8. The number of sulfonamides is 1. The summed E-state index contributed by atoms with van der Waals surface area (Å²) in [5.41, 5.74) is 2.43. The summed E-state index contributed by atoms with van der Waals surface area (Å²) in [5.74, 6) is 0. The Balaban J connectivity index is 1.57. The molecule has 1 aromatic heterocycles. The topological polar surface area (TPSA) is 40.6 Å². The molecule has 0 unspecified atom stereocenters. The minimum Gasteiger partial charge on any atom is -0.290 e. The van der Waals surface area contributed by atoms with Crippen molar-refractivity contribution in [2.75, 3.05) is 26.2 Å². The summed E-state index contributed by atoms with van der Waals surface area (Å²) >= 11 is 4.79. The molecule has 4 rings (SSSR count). The van der Waals surface area contributed by atoms with Gasteiger partial charge in [-0.1, -0.05) is 64.5 Å². The SMILES string of the molecule is O=S(=O)(c1cccs1)N1CCN([C@@H](c2ccccc2)c2ccc(Br)cc2)CC1. The normalized spacial score (nSPS) is 17.5. The van der Waals surface area contributed by atoms with Crippen molar-refractivity contribution < 1.29 is 8.42 Å². The Bertz CT molecular complexity index is 998. The maximum absolute atomic E-state index is 12.8. The van der Waals surface area contributed by atoms with E-state index < -0.39 is 10.0 Å². The lowest BCUT2D eigenvalue weighted by Crippen LogP contribution is -2.49. The number of rotatable bonds is 5. The Morgan fingerprint density at radius 1 is 0.821 bits per heavy atom. The van der Waals surface area contributed by atoms with Crippen LogP contribution in [-0.2, 0) is 10.0 Å². The molecule has 0 N–H and O–H groups in total. The highest BCUT2D eigenvalue weighted by atomic mass is 79.9. The van der Waals surface area contributed by atoms with Crippen LogP contribution in [0.25, 0.3) is 0 Å². The van der Waals surface area contributed by atoms with E-state index in [2.05, 4.69) is 69.4 Å². The number of benzene rings is 2. The summed E-state index contributed by atoms with van der Waals surface area (Å²) in [6, 6.07) is 22.4. The molecule has 0 saturated carbocycles. The van der Waals surface area contributed by atoms with Gasteiger partial charge in [-0.3, -0.25) is 4.90 Å². The van der Waals surface area contributed by atoms with Gasteiger partial charge in [0.1, 0.15) is 4.21 Å². The van der Waals surface area contributed by atoms with Crippen molar-refractivity contribution in [1.82, 2.24) is 9.21 Å². The molecule has 0 spiro atoms. The molecule has 0 radical (unpaired) electrons. The molecular formula is C21H21BrN2O2S2. The summed E-state index contributed by atoms with van der Waals surface area (Å²) < 4.78 is 28.7. The largest absolute Gasteiger partial charge is 0.290 e. The second-order valence-corrected chi connectivity index (χ2v) is 10.8. The lowest BCUT2D eigenvalue weighted by Gasteiger charge is -2.39. The molecule has 1 aliphatic heterocycles. The molecule has 2 aromatic carbocycles. The van der Waals surface area contributed by atoms with E-state index in [0.717, 1.165) is 4.47 Å². The van der Waals surface area contributed by atoms with Crippen LogP contribution in [0.5, 0.6) is 0 Å². The van der Waals surface area contributed by atoms with Crippen molar-refractivity contribution in [2.45, 2.75) is 10.3 Å². The van der Waals surface area contributed by atoms with E-state index in [4.69, 9.17) is 0 Å². The number of thiophene rings is 1. The van der Waals surface area contributed by atoms with Gasteiger partial charge in [-0.2, -0.15) is 4.31 Å². The predicted octanol–water partition coefficient (Wildman–Crippen LogP) is 4.61. The molecule has 1 saturated heterocycles. The van der Waals surface area contributed by atoms with Crippen LogP contribution in [0.15, 0.2) is 80.8 Å². The van der Waals surface area contributed by atoms with E-state index in [1.54, 1.807) is 16.4 Å². The Morgan fingerprint density at radius 3 is 2.07 bits per heavy atom. The number of nitrogens with zero attached hydrogens (tertiary/aromatic N) is 2.